The van der Waals surface area contributed by atoms with E-state index in [0.717, 1.165) is 78.0 Å². The molecule has 0 unspecified atom stereocenters. The second-order valence-electron chi connectivity index (χ2n) is 11.5. The average Bonchev–Trinajstić information content (AvgIpc) is 3.43. The van der Waals surface area contributed by atoms with Gasteiger partial charge in [-0.05, 0) is 68.8 Å². The predicted molar refractivity (Wildman–Crippen MR) is 151 cm³/mol. The number of H-pyrrole nitrogens is 1. The van der Waals surface area contributed by atoms with Crippen LogP contribution in [0.2, 0.25) is 0 Å². The Morgan fingerprint density at radius 2 is 1.89 bits per heavy atom. The topological polar surface area (TPSA) is 85.7 Å². The minimum Gasteiger partial charge on any atom is -0.353 e. The molecule has 0 radical (unpaired) electrons. The van der Waals surface area contributed by atoms with Crippen LogP contribution in [-0.2, 0) is 4.79 Å². The van der Waals surface area contributed by atoms with Crippen LogP contribution in [0.5, 0.6) is 0 Å². The summed E-state index contributed by atoms with van der Waals surface area (Å²) in [5.41, 5.74) is 8.72. The number of rotatable bonds is 7. The summed E-state index contributed by atoms with van der Waals surface area (Å²) < 4.78 is 1.86. The van der Waals surface area contributed by atoms with Gasteiger partial charge in [-0.15, -0.1) is 0 Å². The maximum absolute atomic E-state index is 12.8. The Bertz CT molecular complexity index is 1490. The summed E-state index contributed by atoms with van der Waals surface area (Å²) in [4.78, 5) is 32.6. The molecule has 1 aliphatic heterocycles. The third kappa shape index (κ3) is 4.53. The van der Waals surface area contributed by atoms with Crippen molar-refractivity contribution in [1.82, 2.24) is 34.4 Å². The van der Waals surface area contributed by atoms with Crippen LogP contribution in [0.3, 0.4) is 0 Å². The molecule has 9 nitrogen and oxygen atoms in total. The van der Waals surface area contributed by atoms with E-state index in [-0.39, 0.29) is 11.8 Å². The zero-order valence-electron chi connectivity index (χ0n) is 23.2. The van der Waals surface area contributed by atoms with Crippen LogP contribution in [0.4, 0.5) is 5.82 Å². The summed E-state index contributed by atoms with van der Waals surface area (Å²) in [6.45, 7) is 13.3. The zero-order valence-corrected chi connectivity index (χ0v) is 23.2. The number of anilines is 1. The Hall–Kier alpha value is -3.46. The number of nitrogens with one attached hydrogen (secondary N) is 1. The first kappa shape index (κ1) is 24.9. The van der Waals surface area contributed by atoms with Gasteiger partial charge in [-0.1, -0.05) is 13.8 Å². The predicted octanol–water partition coefficient (Wildman–Crippen LogP) is 4.00. The second kappa shape index (κ2) is 9.69. The molecule has 0 bridgehead atoms. The molecule has 1 amide bonds. The van der Waals surface area contributed by atoms with Gasteiger partial charge in [-0.3, -0.25) is 9.69 Å². The van der Waals surface area contributed by atoms with E-state index in [2.05, 4.69) is 77.9 Å². The van der Waals surface area contributed by atoms with Gasteiger partial charge in [0.1, 0.15) is 12.1 Å². The number of aromatic amines is 1. The normalized spacial score (nSPS) is 16.5. The van der Waals surface area contributed by atoms with Crippen molar-refractivity contribution in [3.8, 4) is 11.3 Å². The molecule has 4 aromatic heterocycles. The highest BCUT2D eigenvalue weighted by Gasteiger charge is 2.27. The molecule has 2 fully saturated rings. The van der Waals surface area contributed by atoms with Crippen molar-refractivity contribution < 1.29 is 4.79 Å². The molecule has 1 N–H and O–H groups in total. The van der Waals surface area contributed by atoms with Crippen LogP contribution < -0.4 is 4.90 Å². The van der Waals surface area contributed by atoms with Gasteiger partial charge in [-0.25, -0.2) is 14.5 Å². The Kier molecular flexibility index (Phi) is 6.34. The highest BCUT2D eigenvalue weighted by molar-refractivity contribution is 5.90. The van der Waals surface area contributed by atoms with Crippen LogP contribution >= 0.6 is 0 Å². The molecule has 9 heteroatoms. The average molecular weight is 515 g/mol. The van der Waals surface area contributed by atoms with Crippen molar-refractivity contribution in [1.29, 1.82) is 0 Å². The standard InChI is InChI=1S/C29H38N8O/c1-18(2)26-27(22-15-37-29(30-17-31-37)20(4)19(22)3)32-23-8-9-24(33-28(23)26)35-10-12-36(13-11-35)25(38)16-34(5)14-21-6-7-21/h8-9,15,17-18,21,32H,6-7,10-14,16H2,1-5H3. The first-order valence-corrected chi connectivity index (χ1v) is 13.8. The van der Waals surface area contributed by atoms with Gasteiger partial charge in [-0.2, -0.15) is 5.10 Å². The van der Waals surface area contributed by atoms with Crippen molar-refractivity contribution in [3.63, 3.8) is 0 Å². The minimum absolute atomic E-state index is 0.239. The summed E-state index contributed by atoms with van der Waals surface area (Å²) in [6, 6.07) is 4.25. The number of pyridine rings is 2. The number of aromatic nitrogens is 5. The molecule has 0 atom stereocenters. The lowest BCUT2D eigenvalue weighted by atomic mass is 9.95. The molecule has 0 aromatic carbocycles. The van der Waals surface area contributed by atoms with Crippen molar-refractivity contribution in [2.45, 2.75) is 46.5 Å². The molecule has 200 valence electrons. The molecule has 0 spiro atoms. The zero-order chi connectivity index (χ0) is 26.6. The van der Waals surface area contributed by atoms with E-state index in [1.165, 1.54) is 24.0 Å². The summed E-state index contributed by atoms with van der Waals surface area (Å²) in [7, 11) is 2.07. The maximum atomic E-state index is 12.8. The first-order valence-electron chi connectivity index (χ1n) is 13.8. The number of aryl methyl sites for hydroxylation is 1. The van der Waals surface area contributed by atoms with Crippen LogP contribution in [-0.4, -0.2) is 86.6 Å². The molecule has 6 rings (SSSR count). The summed E-state index contributed by atoms with van der Waals surface area (Å²) in [5, 5.41) is 4.40. The van der Waals surface area contributed by atoms with Crippen molar-refractivity contribution in [2.24, 2.45) is 5.92 Å². The third-order valence-electron chi connectivity index (χ3n) is 8.27. The van der Waals surface area contributed by atoms with Crippen molar-refractivity contribution in [2.75, 3.05) is 51.2 Å². The van der Waals surface area contributed by atoms with E-state index in [4.69, 9.17) is 4.98 Å². The molecule has 38 heavy (non-hydrogen) atoms. The molecule has 5 heterocycles. The number of amides is 1. The van der Waals surface area contributed by atoms with E-state index in [1.807, 2.05) is 9.42 Å². The SMILES string of the molecule is Cc1c(-c2[nH]c3ccc(N4CCN(C(=O)CN(C)CC5CC5)CC4)nc3c2C(C)C)cn2ncnc2c1C. The van der Waals surface area contributed by atoms with Crippen LogP contribution in [0.1, 0.15) is 49.3 Å². The molecule has 1 saturated heterocycles. The van der Waals surface area contributed by atoms with Gasteiger partial charge in [0.05, 0.1) is 23.3 Å². The number of fused-ring (bicyclic) bond motifs is 2. The van der Waals surface area contributed by atoms with E-state index < -0.39 is 0 Å². The van der Waals surface area contributed by atoms with E-state index >= 15 is 0 Å². The number of carbonyl (C=O) groups excluding carboxylic acids is 1. The molecule has 4 aromatic rings. The van der Waals surface area contributed by atoms with Crippen LogP contribution in [0.15, 0.2) is 24.7 Å². The number of hydrogen-bond donors (Lipinski definition) is 1. The number of hydrogen-bond acceptors (Lipinski definition) is 6. The number of likely N-dealkylation sites (N-methyl/N-ethyl adjacent to an activating group) is 1. The molecule has 1 aliphatic carbocycles. The highest BCUT2D eigenvalue weighted by atomic mass is 16.2. The summed E-state index contributed by atoms with van der Waals surface area (Å²) in [6.07, 6.45) is 6.30. The lowest BCUT2D eigenvalue weighted by Crippen LogP contribution is -2.51. The monoisotopic (exact) mass is 514 g/mol. The molecule has 2 aliphatic rings. The van der Waals surface area contributed by atoms with E-state index in [9.17, 15) is 4.79 Å². The van der Waals surface area contributed by atoms with Crippen molar-refractivity contribution >= 4 is 28.4 Å². The maximum Gasteiger partial charge on any atom is 0.236 e. The summed E-state index contributed by atoms with van der Waals surface area (Å²) >= 11 is 0. The number of carbonyl (C=O) groups is 1. The third-order valence-corrected chi connectivity index (χ3v) is 8.27. The van der Waals surface area contributed by atoms with Crippen LogP contribution in [0, 0.1) is 19.8 Å². The Morgan fingerprint density at radius 3 is 2.61 bits per heavy atom. The van der Waals surface area contributed by atoms with Gasteiger partial charge < -0.3 is 14.8 Å². The highest BCUT2D eigenvalue weighted by Crippen LogP contribution is 2.38. The Morgan fingerprint density at radius 1 is 1.13 bits per heavy atom. The molecule has 1 saturated carbocycles. The van der Waals surface area contributed by atoms with E-state index in [1.54, 1.807) is 6.33 Å². The molecular weight excluding hydrogens is 476 g/mol. The van der Waals surface area contributed by atoms with Gasteiger partial charge in [0.15, 0.2) is 5.65 Å². The smallest absolute Gasteiger partial charge is 0.236 e. The first-order chi connectivity index (χ1) is 18.3. The lowest BCUT2D eigenvalue weighted by molar-refractivity contribution is -0.132. The van der Waals surface area contributed by atoms with Crippen molar-refractivity contribution in [3.05, 3.63) is 41.3 Å². The number of nitrogens with zero attached hydrogens (tertiary/aromatic N) is 7. The number of piperazine rings is 1. The Labute approximate surface area is 223 Å². The fourth-order valence-electron chi connectivity index (χ4n) is 5.80. The largest absolute Gasteiger partial charge is 0.353 e. The fraction of sp³-hybridized carbons (Fsp3) is 0.517. The molecular formula is C29H38N8O. The van der Waals surface area contributed by atoms with Crippen LogP contribution in [0.25, 0.3) is 27.9 Å². The minimum atomic E-state index is 0.239. The fourth-order valence-corrected chi connectivity index (χ4v) is 5.80. The van der Waals surface area contributed by atoms with Gasteiger partial charge in [0.25, 0.3) is 0 Å². The van der Waals surface area contributed by atoms with Gasteiger partial charge in [0, 0.05) is 50.0 Å². The quantitative estimate of drug-likeness (QED) is 0.401. The lowest BCUT2D eigenvalue weighted by Gasteiger charge is -2.36. The Balaban J connectivity index is 1.25. The summed E-state index contributed by atoms with van der Waals surface area (Å²) in [5.74, 6) is 2.30. The van der Waals surface area contributed by atoms with Gasteiger partial charge in [0.2, 0.25) is 5.91 Å². The van der Waals surface area contributed by atoms with E-state index in [0.29, 0.717) is 6.54 Å². The van der Waals surface area contributed by atoms with Gasteiger partial charge >= 0.3 is 0 Å². The second-order valence-corrected chi connectivity index (χ2v) is 11.5.